The Morgan fingerprint density at radius 2 is 2.00 bits per heavy atom. The number of rotatable bonds is 4. The minimum atomic E-state index is 0.190. The van der Waals surface area contributed by atoms with Gasteiger partial charge in [0.15, 0.2) is 11.5 Å². The number of hydrogen-bond acceptors (Lipinski definition) is 4. The van der Waals surface area contributed by atoms with Gasteiger partial charge in [-0.15, -0.1) is 0 Å². The Morgan fingerprint density at radius 1 is 1.28 bits per heavy atom. The van der Waals surface area contributed by atoms with Crippen molar-refractivity contribution in [3.05, 3.63) is 23.8 Å². The highest BCUT2D eigenvalue weighted by atomic mass is 16.5. The summed E-state index contributed by atoms with van der Waals surface area (Å²) in [6.45, 7) is 5.24. The van der Waals surface area contributed by atoms with Crippen molar-refractivity contribution >= 4 is 0 Å². The zero-order valence-electron chi connectivity index (χ0n) is 11.2. The van der Waals surface area contributed by atoms with Crippen molar-refractivity contribution < 1.29 is 9.47 Å². The first-order chi connectivity index (χ1) is 8.65. The third-order valence-electron chi connectivity index (χ3n) is 2.86. The quantitative estimate of drug-likeness (QED) is 0.882. The molecule has 4 heteroatoms. The van der Waals surface area contributed by atoms with Crippen LogP contribution in [0.2, 0.25) is 0 Å². The summed E-state index contributed by atoms with van der Waals surface area (Å²) in [6, 6.07) is 6.34. The predicted molar refractivity (Wildman–Crippen MR) is 72.0 cm³/mol. The molecule has 0 amide bonds. The van der Waals surface area contributed by atoms with E-state index in [9.17, 15) is 0 Å². The summed E-state index contributed by atoms with van der Waals surface area (Å²) < 4.78 is 11.3. The van der Waals surface area contributed by atoms with E-state index in [1.54, 1.807) is 0 Å². The molecule has 4 nitrogen and oxygen atoms in total. The molecule has 0 aliphatic carbocycles. The Morgan fingerprint density at radius 3 is 2.72 bits per heavy atom. The lowest BCUT2D eigenvalue weighted by atomic mass is 10.2. The normalized spacial score (nSPS) is 16.4. The van der Waals surface area contributed by atoms with E-state index in [1.807, 2.05) is 13.0 Å². The average Bonchev–Trinajstić information content (AvgIpc) is 2.52. The van der Waals surface area contributed by atoms with Gasteiger partial charge in [0.25, 0.3) is 0 Å². The van der Waals surface area contributed by atoms with Crippen LogP contribution in [0, 0.1) is 0 Å². The molecule has 0 aromatic heterocycles. The second kappa shape index (κ2) is 6.07. The molecule has 1 atom stereocenters. The molecule has 2 N–H and O–H groups in total. The summed E-state index contributed by atoms with van der Waals surface area (Å²) in [7, 11) is 2.08. The summed E-state index contributed by atoms with van der Waals surface area (Å²) in [6.07, 6.45) is 0.939. The first-order valence-electron chi connectivity index (χ1n) is 6.48. The van der Waals surface area contributed by atoms with Crippen LogP contribution in [0.3, 0.4) is 0 Å². The molecule has 18 heavy (non-hydrogen) atoms. The van der Waals surface area contributed by atoms with Gasteiger partial charge in [0.1, 0.15) is 0 Å². The van der Waals surface area contributed by atoms with E-state index in [0.717, 1.165) is 44.2 Å². The van der Waals surface area contributed by atoms with Crippen LogP contribution in [0.5, 0.6) is 11.5 Å². The Balaban J connectivity index is 2.03. The molecular formula is C14H22N2O2. The van der Waals surface area contributed by atoms with Gasteiger partial charge in [-0.1, -0.05) is 6.07 Å². The third kappa shape index (κ3) is 3.62. The van der Waals surface area contributed by atoms with E-state index in [0.29, 0.717) is 0 Å². The Labute approximate surface area is 109 Å². The molecule has 0 bridgehead atoms. The molecule has 1 aromatic rings. The fourth-order valence-electron chi connectivity index (χ4n) is 2.17. The summed E-state index contributed by atoms with van der Waals surface area (Å²) in [5, 5.41) is 0. The van der Waals surface area contributed by atoms with Crippen LogP contribution < -0.4 is 15.2 Å². The fourth-order valence-corrected chi connectivity index (χ4v) is 2.17. The predicted octanol–water partition coefficient (Wildman–Crippen LogP) is 1.63. The van der Waals surface area contributed by atoms with Crippen LogP contribution in [0.1, 0.15) is 18.9 Å². The first-order valence-corrected chi connectivity index (χ1v) is 6.48. The topological polar surface area (TPSA) is 47.7 Å². The number of nitrogens with zero attached hydrogens (tertiary/aromatic N) is 1. The molecule has 2 rings (SSSR count). The molecular weight excluding hydrogens is 228 g/mol. The van der Waals surface area contributed by atoms with E-state index >= 15 is 0 Å². The van der Waals surface area contributed by atoms with Crippen molar-refractivity contribution in [2.45, 2.75) is 25.9 Å². The van der Waals surface area contributed by atoms with Gasteiger partial charge >= 0.3 is 0 Å². The summed E-state index contributed by atoms with van der Waals surface area (Å²) in [5.41, 5.74) is 7.02. The van der Waals surface area contributed by atoms with Crippen molar-refractivity contribution in [2.24, 2.45) is 5.73 Å². The highest BCUT2D eigenvalue weighted by Gasteiger charge is 2.11. The zero-order valence-corrected chi connectivity index (χ0v) is 11.2. The van der Waals surface area contributed by atoms with E-state index in [4.69, 9.17) is 15.2 Å². The van der Waals surface area contributed by atoms with Crippen molar-refractivity contribution in [2.75, 3.05) is 26.8 Å². The number of ether oxygens (including phenoxy) is 2. The number of fused-ring (bicyclic) bond motifs is 1. The van der Waals surface area contributed by atoms with Crippen LogP contribution >= 0.6 is 0 Å². The molecule has 1 heterocycles. The number of likely N-dealkylation sites (N-methyl/N-ethyl adjacent to an activating group) is 1. The first kappa shape index (κ1) is 13.2. The second-order valence-corrected chi connectivity index (χ2v) is 5.01. The highest BCUT2D eigenvalue weighted by molar-refractivity contribution is 5.43. The minimum absolute atomic E-state index is 0.190. The molecule has 1 aliphatic rings. The molecule has 0 spiro atoms. The van der Waals surface area contributed by atoms with Crippen LogP contribution in [0.25, 0.3) is 0 Å². The van der Waals surface area contributed by atoms with E-state index in [-0.39, 0.29) is 6.04 Å². The zero-order chi connectivity index (χ0) is 13.0. The number of hydrogen-bond donors (Lipinski definition) is 1. The maximum Gasteiger partial charge on any atom is 0.161 e. The Bertz CT molecular complexity index is 393. The van der Waals surface area contributed by atoms with Gasteiger partial charge in [0.2, 0.25) is 0 Å². The fraction of sp³-hybridized carbons (Fsp3) is 0.571. The van der Waals surface area contributed by atoms with Gasteiger partial charge in [0.05, 0.1) is 13.2 Å². The molecule has 1 aromatic carbocycles. The summed E-state index contributed by atoms with van der Waals surface area (Å²) in [4.78, 5) is 2.21. The van der Waals surface area contributed by atoms with E-state index in [1.165, 1.54) is 5.56 Å². The van der Waals surface area contributed by atoms with Gasteiger partial charge in [-0.25, -0.2) is 0 Å². The van der Waals surface area contributed by atoms with Crippen molar-refractivity contribution in [3.8, 4) is 11.5 Å². The molecule has 0 radical (unpaired) electrons. The number of benzene rings is 1. The number of nitrogens with two attached hydrogens (primary N) is 1. The molecule has 0 saturated carbocycles. The monoisotopic (exact) mass is 250 g/mol. The minimum Gasteiger partial charge on any atom is -0.490 e. The standard InChI is InChI=1S/C14H22N2O2/c1-11(15)9-16(2)10-12-4-5-13-14(8-12)18-7-3-6-17-13/h4-5,8,11H,3,6-7,9-10,15H2,1-2H3. The average molecular weight is 250 g/mol. The van der Waals surface area contributed by atoms with Gasteiger partial charge in [0, 0.05) is 25.6 Å². The van der Waals surface area contributed by atoms with Crippen molar-refractivity contribution in [1.82, 2.24) is 4.90 Å². The SMILES string of the molecule is CC(N)CN(C)Cc1ccc2c(c1)OCCCO2. The lowest BCUT2D eigenvalue weighted by Gasteiger charge is -2.19. The van der Waals surface area contributed by atoms with Crippen LogP contribution in [-0.2, 0) is 6.54 Å². The Kier molecular flexibility index (Phi) is 4.44. The third-order valence-corrected chi connectivity index (χ3v) is 2.86. The van der Waals surface area contributed by atoms with Crippen molar-refractivity contribution in [1.29, 1.82) is 0 Å². The highest BCUT2D eigenvalue weighted by Crippen LogP contribution is 2.30. The lowest BCUT2D eigenvalue weighted by molar-refractivity contribution is 0.296. The van der Waals surface area contributed by atoms with Gasteiger partial charge in [-0.2, -0.15) is 0 Å². The van der Waals surface area contributed by atoms with E-state index < -0.39 is 0 Å². The maximum absolute atomic E-state index is 5.79. The van der Waals surface area contributed by atoms with Gasteiger partial charge in [-0.05, 0) is 31.7 Å². The van der Waals surface area contributed by atoms with E-state index in [2.05, 4.69) is 24.1 Å². The largest absolute Gasteiger partial charge is 0.490 e. The van der Waals surface area contributed by atoms with Crippen LogP contribution in [-0.4, -0.2) is 37.7 Å². The molecule has 0 fully saturated rings. The van der Waals surface area contributed by atoms with Crippen molar-refractivity contribution in [3.63, 3.8) is 0 Å². The summed E-state index contributed by atoms with van der Waals surface area (Å²) in [5.74, 6) is 1.71. The molecule has 1 unspecified atom stereocenters. The van der Waals surface area contributed by atoms with Crippen LogP contribution in [0.4, 0.5) is 0 Å². The van der Waals surface area contributed by atoms with Gasteiger partial charge < -0.3 is 20.1 Å². The second-order valence-electron chi connectivity index (χ2n) is 5.01. The molecule has 1 aliphatic heterocycles. The molecule has 100 valence electrons. The Hall–Kier alpha value is -1.26. The van der Waals surface area contributed by atoms with Crippen LogP contribution in [0.15, 0.2) is 18.2 Å². The maximum atomic E-state index is 5.79. The summed E-state index contributed by atoms with van der Waals surface area (Å²) >= 11 is 0. The van der Waals surface area contributed by atoms with Gasteiger partial charge in [-0.3, -0.25) is 0 Å². The molecule has 0 saturated heterocycles. The lowest BCUT2D eigenvalue weighted by Crippen LogP contribution is -2.32. The smallest absolute Gasteiger partial charge is 0.161 e.